The number of hydrogen-bond donors (Lipinski definition) is 2. The Balaban J connectivity index is 1.70. The molecule has 32 heavy (non-hydrogen) atoms. The van der Waals surface area contributed by atoms with E-state index in [1.165, 1.54) is 30.3 Å². The zero-order valence-corrected chi connectivity index (χ0v) is 18.9. The molecular formula is C20H14Cl4F4N2O2. The molecule has 2 atom stereocenters. The van der Waals surface area contributed by atoms with Gasteiger partial charge in [0.1, 0.15) is 10.2 Å². The highest BCUT2D eigenvalue weighted by Gasteiger charge is 2.67. The molecule has 12 heteroatoms. The monoisotopic (exact) mass is 530 g/mol. The second-order valence-electron chi connectivity index (χ2n) is 7.11. The van der Waals surface area contributed by atoms with Crippen LogP contribution in [0.1, 0.15) is 28.3 Å². The third-order valence-electron chi connectivity index (χ3n) is 4.81. The Labute approximate surface area is 200 Å². The zero-order valence-electron chi connectivity index (χ0n) is 15.9. The summed E-state index contributed by atoms with van der Waals surface area (Å²) in [5, 5.41) is 4.52. The highest BCUT2D eigenvalue weighted by molar-refractivity contribution is 6.53. The minimum atomic E-state index is -4.42. The second kappa shape index (κ2) is 9.25. The molecule has 0 aromatic heterocycles. The molecule has 1 fully saturated rings. The third-order valence-corrected chi connectivity index (χ3v) is 6.37. The van der Waals surface area contributed by atoms with Crippen molar-refractivity contribution in [3.05, 3.63) is 63.4 Å². The van der Waals surface area contributed by atoms with Crippen LogP contribution in [0.4, 0.5) is 23.2 Å². The lowest BCUT2D eigenvalue weighted by Gasteiger charge is -2.11. The molecule has 1 aliphatic rings. The highest BCUT2D eigenvalue weighted by Crippen LogP contribution is 2.65. The van der Waals surface area contributed by atoms with E-state index in [1.807, 2.05) is 0 Å². The van der Waals surface area contributed by atoms with Crippen molar-refractivity contribution in [2.45, 2.75) is 22.8 Å². The van der Waals surface area contributed by atoms with E-state index in [2.05, 4.69) is 10.6 Å². The fraction of sp³-hybridized carbons (Fsp3) is 0.300. The number of anilines is 1. The van der Waals surface area contributed by atoms with Crippen LogP contribution in [0.5, 0.6) is 0 Å². The van der Waals surface area contributed by atoms with Gasteiger partial charge in [0.05, 0.1) is 27.9 Å². The van der Waals surface area contributed by atoms with Crippen molar-refractivity contribution in [1.29, 1.82) is 0 Å². The normalized spacial score (nSPS) is 19.4. The minimum absolute atomic E-state index is 0.0122. The standard InChI is InChI=1S/C20H14Cl4F4N2O2/c21-12-3-2-10(8-11(12)17(31)29-6-5-19(26,27)28)30-18(32)16-15(20(16,23)24)9-1-4-14(25)13(22)7-9/h1-4,7-8,15-16H,5-6H2,(H,29,31)(H,30,32). The molecule has 1 aliphatic carbocycles. The zero-order chi connectivity index (χ0) is 23.8. The van der Waals surface area contributed by atoms with Crippen molar-refractivity contribution in [3.63, 3.8) is 0 Å². The van der Waals surface area contributed by atoms with Crippen LogP contribution in [-0.4, -0.2) is 28.9 Å². The lowest BCUT2D eigenvalue weighted by Crippen LogP contribution is -2.28. The van der Waals surface area contributed by atoms with E-state index in [0.29, 0.717) is 5.56 Å². The lowest BCUT2D eigenvalue weighted by molar-refractivity contribution is -0.133. The summed E-state index contributed by atoms with van der Waals surface area (Å²) >= 11 is 24.3. The number of nitrogens with one attached hydrogen (secondary N) is 2. The molecule has 0 heterocycles. The van der Waals surface area contributed by atoms with Gasteiger partial charge in [-0.2, -0.15) is 13.2 Å². The van der Waals surface area contributed by atoms with Gasteiger partial charge in [-0.1, -0.05) is 29.3 Å². The smallest absolute Gasteiger partial charge is 0.352 e. The van der Waals surface area contributed by atoms with Gasteiger partial charge in [0.15, 0.2) is 0 Å². The van der Waals surface area contributed by atoms with E-state index in [4.69, 9.17) is 46.4 Å². The van der Waals surface area contributed by atoms with Crippen LogP contribution >= 0.6 is 46.4 Å². The summed E-state index contributed by atoms with van der Waals surface area (Å²) in [6, 6.07) is 7.83. The second-order valence-corrected chi connectivity index (χ2v) is 9.37. The Morgan fingerprint density at radius 3 is 2.34 bits per heavy atom. The largest absolute Gasteiger partial charge is 0.390 e. The number of benzene rings is 2. The average molecular weight is 532 g/mol. The molecule has 0 bridgehead atoms. The Morgan fingerprint density at radius 2 is 1.72 bits per heavy atom. The molecule has 2 amide bonds. The summed E-state index contributed by atoms with van der Waals surface area (Å²) in [5.74, 6) is -3.58. The predicted molar refractivity (Wildman–Crippen MR) is 115 cm³/mol. The lowest BCUT2D eigenvalue weighted by atomic mass is 10.1. The van der Waals surface area contributed by atoms with E-state index in [0.717, 1.165) is 6.07 Å². The predicted octanol–water partition coefficient (Wildman–Crippen LogP) is 6.34. The van der Waals surface area contributed by atoms with Gasteiger partial charge in [0, 0.05) is 18.2 Å². The van der Waals surface area contributed by atoms with Crippen molar-refractivity contribution >= 4 is 63.9 Å². The molecular weight excluding hydrogens is 518 g/mol. The van der Waals surface area contributed by atoms with Gasteiger partial charge in [-0.3, -0.25) is 9.59 Å². The number of hydrogen-bond acceptors (Lipinski definition) is 2. The minimum Gasteiger partial charge on any atom is -0.352 e. The van der Waals surface area contributed by atoms with Crippen molar-refractivity contribution < 1.29 is 27.2 Å². The molecule has 0 aliphatic heterocycles. The van der Waals surface area contributed by atoms with Crippen LogP contribution in [0, 0.1) is 11.7 Å². The number of rotatable bonds is 6. The van der Waals surface area contributed by atoms with Gasteiger partial charge in [0.25, 0.3) is 5.91 Å². The molecule has 1 saturated carbocycles. The summed E-state index contributed by atoms with van der Waals surface area (Å²) < 4.78 is 48.7. The van der Waals surface area contributed by atoms with Crippen LogP contribution in [0.25, 0.3) is 0 Å². The van der Waals surface area contributed by atoms with Gasteiger partial charge in [-0.05, 0) is 35.9 Å². The number of halogens is 8. The van der Waals surface area contributed by atoms with Crippen molar-refractivity contribution in [1.82, 2.24) is 5.32 Å². The van der Waals surface area contributed by atoms with Crippen LogP contribution in [0.3, 0.4) is 0 Å². The average Bonchev–Trinajstić information content (AvgIpc) is 3.26. The van der Waals surface area contributed by atoms with Crippen molar-refractivity contribution in [3.8, 4) is 0 Å². The summed E-state index contributed by atoms with van der Waals surface area (Å²) in [7, 11) is 0. The van der Waals surface area contributed by atoms with Gasteiger partial charge < -0.3 is 10.6 Å². The first-order valence-electron chi connectivity index (χ1n) is 9.09. The van der Waals surface area contributed by atoms with Gasteiger partial charge in [-0.25, -0.2) is 4.39 Å². The highest BCUT2D eigenvalue weighted by atomic mass is 35.5. The molecule has 3 rings (SSSR count). The summed E-state index contributed by atoms with van der Waals surface area (Å²) in [5.41, 5.74) is 0.516. The molecule has 0 radical (unpaired) electrons. The molecule has 2 aromatic carbocycles. The SMILES string of the molecule is O=C(NCCC(F)(F)F)c1cc(NC(=O)C2C(c3ccc(F)c(Cl)c3)C2(Cl)Cl)ccc1Cl. The topological polar surface area (TPSA) is 58.2 Å². The van der Waals surface area contributed by atoms with Gasteiger partial charge >= 0.3 is 6.18 Å². The third kappa shape index (κ3) is 5.60. The Bertz CT molecular complexity index is 1060. The molecule has 2 N–H and O–H groups in total. The fourth-order valence-electron chi connectivity index (χ4n) is 3.18. The number of carbonyl (C=O) groups excluding carboxylic acids is 2. The van der Waals surface area contributed by atoms with E-state index in [1.54, 1.807) is 0 Å². The van der Waals surface area contributed by atoms with Crippen LogP contribution < -0.4 is 10.6 Å². The van der Waals surface area contributed by atoms with E-state index in [9.17, 15) is 27.2 Å². The van der Waals surface area contributed by atoms with E-state index < -0.39 is 52.9 Å². The van der Waals surface area contributed by atoms with Crippen LogP contribution in [0.2, 0.25) is 10.0 Å². The molecule has 2 aromatic rings. The Morgan fingerprint density at radius 1 is 1.03 bits per heavy atom. The summed E-state index contributed by atoms with van der Waals surface area (Å²) in [6.45, 7) is -0.625. The quantitative estimate of drug-likeness (QED) is 0.337. The molecule has 172 valence electrons. The first-order chi connectivity index (χ1) is 14.8. The first-order valence-corrected chi connectivity index (χ1v) is 10.6. The van der Waals surface area contributed by atoms with Crippen molar-refractivity contribution in [2.75, 3.05) is 11.9 Å². The van der Waals surface area contributed by atoms with Gasteiger partial charge in [-0.15, -0.1) is 23.2 Å². The fourth-order valence-corrected chi connectivity index (χ4v) is 4.40. The molecule has 0 saturated heterocycles. The number of alkyl halides is 5. The molecule has 0 spiro atoms. The first kappa shape index (κ1) is 24.9. The van der Waals surface area contributed by atoms with E-state index in [-0.39, 0.29) is 21.3 Å². The van der Waals surface area contributed by atoms with Crippen LogP contribution in [-0.2, 0) is 4.79 Å². The Hall–Kier alpha value is -1.74. The van der Waals surface area contributed by atoms with Crippen molar-refractivity contribution in [2.24, 2.45) is 5.92 Å². The molecule has 4 nitrogen and oxygen atoms in total. The summed E-state index contributed by atoms with van der Waals surface area (Å²) in [4.78, 5) is 24.9. The van der Waals surface area contributed by atoms with Crippen LogP contribution in [0.15, 0.2) is 36.4 Å². The maximum absolute atomic E-state index is 13.4. The maximum Gasteiger partial charge on any atom is 0.390 e. The number of amides is 2. The Kier molecular flexibility index (Phi) is 7.20. The molecule has 2 unspecified atom stereocenters. The van der Waals surface area contributed by atoms with E-state index >= 15 is 0 Å². The summed E-state index contributed by atoms with van der Waals surface area (Å²) in [6.07, 6.45) is -5.62. The number of carbonyl (C=O) groups is 2. The maximum atomic E-state index is 13.4. The van der Waals surface area contributed by atoms with Gasteiger partial charge in [0.2, 0.25) is 5.91 Å².